The molecule has 0 aromatic carbocycles. The number of sulfonamides is 1. The molecule has 0 saturated heterocycles. The lowest BCUT2D eigenvalue weighted by atomic mass is 10.0. The minimum absolute atomic E-state index is 0.190. The van der Waals surface area contributed by atoms with Gasteiger partial charge in [-0.1, -0.05) is 19.9 Å². The van der Waals surface area contributed by atoms with Gasteiger partial charge in [0.05, 0.1) is 6.04 Å². The van der Waals surface area contributed by atoms with Crippen molar-refractivity contribution in [3.05, 3.63) is 39.4 Å². The maximum absolute atomic E-state index is 12.5. The van der Waals surface area contributed by atoms with Crippen LogP contribution in [0.5, 0.6) is 0 Å². The van der Waals surface area contributed by atoms with Crippen molar-refractivity contribution in [2.45, 2.75) is 30.6 Å². The molecule has 1 unspecified atom stereocenters. The Morgan fingerprint density at radius 3 is 2.62 bits per heavy atom. The van der Waals surface area contributed by atoms with Crippen LogP contribution < -0.4 is 10.0 Å². The van der Waals surface area contributed by atoms with E-state index in [1.165, 1.54) is 11.3 Å². The van der Waals surface area contributed by atoms with Crippen LogP contribution in [0.1, 0.15) is 30.3 Å². The maximum atomic E-state index is 12.5. The highest BCUT2D eigenvalue weighted by molar-refractivity contribution is 7.91. The molecule has 21 heavy (non-hydrogen) atoms. The number of nitrogens with one attached hydrogen (secondary N) is 2. The summed E-state index contributed by atoms with van der Waals surface area (Å²) in [4.78, 5) is 1.04. The largest absolute Gasteiger partial charge is 0.316 e. The molecule has 0 saturated carbocycles. The molecule has 1 atom stereocenters. The third kappa shape index (κ3) is 4.14. The normalized spacial score (nSPS) is 13.7. The van der Waals surface area contributed by atoms with E-state index in [4.69, 9.17) is 0 Å². The zero-order valence-corrected chi connectivity index (χ0v) is 14.7. The van der Waals surface area contributed by atoms with E-state index in [1.54, 1.807) is 17.4 Å². The Hall–Kier alpha value is -0.730. The first kappa shape index (κ1) is 16.6. The molecule has 2 aromatic heterocycles. The summed E-state index contributed by atoms with van der Waals surface area (Å²) in [5.74, 6) is 0.190. The topological polar surface area (TPSA) is 58.2 Å². The van der Waals surface area contributed by atoms with Gasteiger partial charge in [-0.2, -0.15) is 0 Å². The SMILES string of the molecule is CNCc1csc(S(=O)(=O)NC(c2cccs2)C(C)C)c1. The zero-order chi connectivity index (χ0) is 15.5. The number of hydrogen-bond acceptors (Lipinski definition) is 5. The molecule has 2 heterocycles. The summed E-state index contributed by atoms with van der Waals surface area (Å²) < 4.78 is 28.3. The van der Waals surface area contributed by atoms with Crippen molar-refractivity contribution >= 4 is 32.7 Å². The monoisotopic (exact) mass is 344 g/mol. The lowest BCUT2D eigenvalue weighted by Crippen LogP contribution is -2.30. The fourth-order valence-corrected chi connectivity index (χ4v) is 5.62. The van der Waals surface area contributed by atoms with Crippen molar-refractivity contribution in [2.75, 3.05) is 7.05 Å². The predicted molar refractivity (Wildman–Crippen MR) is 89.3 cm³/mol. The van der Waals surface area contributed by atoms with Crippen molar-refractivity contribution < 1.29 is 8.42 Å². The molecule has 0 aliphatic heterocycles. The average Bonchev–Trinajstić information content (AvgIpc) is 3.07. The Morgan fingerprint density at radius 1 is 1.29 bits per heavy atom. The Bertz CT molecular complexity index is 660. The first-order valence-corrected chi connectivity index (χ1v) is 9.96. The van der Waals surface area contributed by atoms with Gasteiger partial charge in [0.1, 0.15) is 4.21 Å². The Balaban J connectivity index is 2.22. The molecule has 0 bridgehead atoms. The number of hydrogen-bond donors (Lipinski definition) is 2. The highest BCUT2D eigenvalue weighted by Crippen LogP contribution is 2.29. The van der Waals surface area contributed by atoms with Crippen LogP contribution in [0.2, 0.25) is 0 Å². The summed E-state index contributed by atoms with van der Waals surface area (Å²) in [7, 11) is -1.64. The number of thiophene rings is 2. The van der Waals surface area contributed by atoms with E-state index < -0.39 is 10.0 Å². The van der Waals surface area contributed by atoms with Crippen molar-refractivity contribution in [3.63, 3.8) is 0 Å². The van der Waals surface area contributed by atoms with Crippen LogP contribution >= 0.6 is 22.7 Å². The predicted octanol–water partition coefficient (Wildman–Crippen LogP) is 3.20. The molecule has 0 fully saturated rings. The molecule has 116 valence electrons. The van der Waals surface area contributed by atoms with Gasteiger partial charge in [-0.25, -0.2) is 13.1 Å². The van der Waals surface area contributed by atoms with E-state index in [-0.39, 0.29) is 12.0 Å². The van der Waals surface area contributed by atoms with Gasteiger partial charge in [0.15, 0.2) is 0 Å². The van der Waals surface area contributed by atoms with Gasteiger partial charge in [-0.3, -0.25) is 0 Å². The van der Waals surface area contributed by atoms with Crippen LogP contribution in [0.25, 0.3) is 0 Å². The van der Waals surface area contributed by atoms with E-state index in [9.17, 15) is 8.42 Å². The summed E-state index contributed by atoms with van der Waals surface area (Å²) in [6, 6.07) is 5.46. The molecule has 7 heteroatoms. The Labute approximate surface area is 134 Å². The molecule has 0 amide bonds. The molecule has 0 aliphatic carbocycles. The average molecular weight is 345 g/mol. The van der Waals surface area contributed by atoms with E-state index >= 15 is 0 Å². The van der Waals surface area contributed by atoms with Crippen molar-refractivity contribution in [1.29, 1.82) is 0 Å². The van der Waals surface area contributed by atoms with Crippen LogP contribution in [-0.2, 0) is 16.6 Å². The van der Waals surface area contributed by atoms with Gasteiger partial charge in [0.2, 0.25) is 0 Å². The van der Waals surface area contributed by atoms with Crippen molar-refractivity contribution in [3.8, 4) is 0 Å². The van der Waals surface area contributed by atoms with Crippen molar-refractivity contribution in [1.82, 2.24) is 10.0 Å². The van der Waals surface area contributed by atoms with Crippen LogP contribution in [-0.4, -0.2) is 15.5 Å². The fraction of sp³-hybridized carbons (Fsp3) is 0.429. The molecular weight excluding hydrogens is 324 g/mol. The molecule has 2 rings (SSSR count). The Kier molecular flexibility index (Phi) is 5.56. The summed E-state index contributed by atoms with van der Waals surface area (Å²) in [5, 5.41) is 6.87. The molecule has 0 aliphatic rings. The van der Waals surface area contributed by atoms with Gasteiger partial charge in [0, 0.05) is 11.4 Å². The van der Waals surface area contributed by atoms with Crippen LogP contribution in [0.4, 0.5) is 0 Å². The lowest BCUT2D eigenvalue weighted by molar-refractivity contribution is 0.469. The van der Waals surface area contributed by atoms with E-state index in [1.807, 2.05) is 43.8 Å². The minimum Gasteiger partial charge on any atom is -0.316 e. The lowest BCUT2D eigenvalue weighted by Gasteiger charge is -2.20. The van der Waals surface area contributed by atoms with E-state index in [0.29, 0.717) is 10.8 Å². The van der Waals surface area contributed by atoms with Gasteiger partial charge in [0.25, 0.3) is 10.0 Å². The molecule has 0 spiro atoms. The summed E-state index contributed by atoms with van der Waals surface area (Å²) in [6.07, 6.45) is 0. The molecule has 4 nitrogen and oxygen atoms in total. The minimum atomic E-state index is -3.48. The van der Waals surface area contributed by atoms with Gasteiger partial charge in [-0.15, -0.1) is 22.7 Å². The standard InChI is InChI=1S/C14H20N2O2S3/c1-10(2)14(12-5-4-6-19-12)16-21(17,18)13-7-11(8-15-3)9-20-13/h4-7,9-10,14-16H,8H2,1-3H3. The quantitative estimate of drug-likeness (QED) is 0.811. The second-order valence-electron chi connectivity index (χ2n) is 5.16. The van der Waals surface area contributed by atoms with Crippen LogP contribution in [0, 0.1) is 5.92 Å². The molecule has 0 radical (unpaired) electrons. The van der Waals surface area contributed by atoms with Crippen molar-refractivity contribution in [2.24, 2.45) is 5.92 Å². The first-order chi connectivity index (χ1) is 9.94. The Morgan fingerprint density at radius 2 is 2.05 bits per heavy atom. The van der Waals surface area contributed by atoms with Gasteiger partial charge in [-0.05, 0) is 41.4 Å². The summed E-state index contributed by atoms with van der Waals surface area (Å²) in [6.45, 7) is 4.71. The van der Waals surface area contributed by atoms with Crippen LogP contribution in [0.15, 0.2) is 33.2 Å². The van der Waals surface area contributed by atoms with E-state index in [2.05, 4.69) is 10.0 Å². The highest BCUT2D eigenvalue weighted by atomic mass is 32.2. The third-order valence-corrected chi connectivity index (χ3v) is 6.96. The first-order valence-electron chi connectivity index (χ1n) is 6.72. The molecule has 2 N–H and O–H groups in total. The van der Waals surface area contributed by atoms with Gasteiger partial charge >= 0.3 is 0 Å². The van der Waals surface area contributed by atoms with E-state index in [0.717, 1.165) is 10.4 Å². The maximum Gasteiger partial charge on any atom is 0.250 e. The smallest absolute Gasteiger partial charge is 0.250 e. The second-order valence-corrected chi connectivity index (χ2v) is 8.99. The third-order valence-electron chi connectivity index (χ3n) is 3.07. The highest BCUT2D eigenvalue weighted by Gasteiger charge is 2.25. The number of rotatable bonds is 7. The molecular formula is C14H20N2O2S3. The fourth-order valence-electron chi connectivity index (χ4n) is 2.01. The zero-order valence-electron chi connectivity index (χ0n) is 12.3. The van der Waals surface area contributed by atoms with Gasteiger partial charge < -0.3 is 5.32 Å². The summed E-state index contributed by atoms with van der Waals surface area (Å²) in [5.41, 5.74) is 0.986. The molecule has 2 aromatic rings. The summed E-state index contributed by atoms with van der Waals surface area (Å²) >= 11 is 2.84. The van der Waals surface area contributed by atoms with Crippen LogP contribution in [0.3, 0.4) is 0 Å². The second kappa shape index (κ2) is 7.02.